The minimum Gasteiger partial charge on any atom is -0.316 e. The van der Waals surface area contributed by atoms with E-state index in [0.717, 1.165) is 11.3 Å². The summed E-state index contributed by atoms with van der Waals surface area (Å²) in [6.45, 7) is 2.29. The van der Waals surface area contributed by atoms with Crippen molar-refractivity contribution in [3.05, 3.63) is 0 Å². The molecule has 2 heteroatoms. The molecule has 0 amide bonds. The molecule has 0 bridgehead atoms. The second kappa shape index (κ2) is 13.9. The lowest BCUT2D eigenvalue weighted by molar-refractivity contribution is 0.501. The van der Waals surface area contributed by atoms with Crippen LogP contribution in [0.1, 0.15) is 96.8 Å². The number of unbranched alkanes of at least 4 members (excludes halogenated alkanes) is 7. The van der Waals surface area contributed by atoms with Crippen molar-refractivity contribution in [2.24, 2.45) is 0 Å². The minimum atomic E-state index is 0.747. The fourth-order valence-corrected chi connectivity index (χ4v) is 4.82. The van der Waals surface area contributed by atoms with Crippen LogP contribution in [-0.4, -0.2) is 24.1 Å². The quantitative estimate of drug-likeness (QED) is 0.408. The molecule has 1 aliphatic carbocycles. The van der Waals surface area contributed by atoms with Gasteiger partial charge in [0, 0.05) is 17.0 Å². The summed E-state index contributed by atoms with van der Waals surface area (Å²) in [6.07, 6.45) is 20.2. The normalized spacial score (nSPS) is 18.0. The summed E-state index contributed by atoms with van der Waals surface area (Å²) in [7, 11) is 2.15. The van der Waals surface area contributed by atoms with Gasteiger partial charge in [0.25, 0.3) is 0 Å². The first kappa shape index (κ1) is 19.4. The number of thioether (sulfide) groups is 1. The van der Waals surface area contributed by atoms with Gasteiger partial charge in [-0.05, 0) is 26.3 Å². The van der Waals surface area contributed by atoms with Crippen molar-refractivity contribution in [2.75, 3.05) is 12.8 Å². The van der Waals surface area contributed by atoms with Crippen LogP contribution in [0.2, 0.25) is 0 Å². The van der Waals surface area contributed by atoms with E-state index < -0.39 is 0 Å². The van der Waals surface area contributed by atoms with E-state index in [1.54, 1.807) is 0 Å². The fraction of sp³-hybridized carbons (Fsp3) is 1.00. The lowest BCUT2D eigenvalue weighted by atomic mass is 10.0. The molecule has 126 valence electrons. The Hall–Kier alpha value is 0.310. The topological polar surface area (TPSA) is 12.0 Å². The highest BCUT2D eigenvalue weighted by molar-refractivity contribution is 7.99. The second-order valence-corrected chi connectivity index (χ2v) is 8.18. The summed E-state index contributed by atoms with van der Waals surface area (Å²) < 4.78 is 0. The van der Waals surface area contributed by atoms with Crippen LogP contribution in [-0.2, 0) is 0 Å². The lowest BCUT2D eigenvalue weighted by Crippen LogP contribution is -2.28. The van der Waals surface area contributed by atoms with Crippen molar-refractivity contribution in [1.29, 1.82) is 0 Å². The van der Waals surface area contributed by atoms with Crippen LogP contribution in [0.25, 0.3) is 0 Å². The van der Waals surface area contributed by atoms with Crippen molar-refractivity contribution < 1.29 is 0 Å². The predicted molar refractivity (Wildman–Crippen MR) is 99.4 cm³/mol. The van der Waals surface area contributed by atoms with E-state index in [-0.39, 0.29) is 0 Å². The Morgan fingerprint density at radius 2 is 1.52 bits per heavy atom. The molecule has 0 saturated heterocycles. The molecule has 0 aliphatic heterocycles. The van der Waals surface area contributed by atoms with Gasteiger partial charge in [-0.1, -0.05) is 77.6 Å². The van der Waals surface area contributed by atoms with Crippen LogP contribution in [0.15, 0.2) is 0 Å². The maximum absolute atomic E-state index is 3.54. The number of nitrogens with one attached hydrogen (secondary N) is 1. The largest absolute Gasteiger partial charge is 0.316 e. The van der Waals surface area contributed by atoms with Crippen LogP contribution < -0.4 is 5.32 Å². The molecule has 0 aromatic rings. The molecule has 0 aromatic carbocycles. The molecule has 1 atom stereocenters. The monoisotopic (exact) mass is 313 g/mol. The SMILES string of the molecule is CCCCCCCCCCC(CSC1CCCCC1)NC. The van der Waals surface area contributed by atoms with Gasteiger partial charge in [0.05, 0.1) is 0 Å². The van der Waals surface area contributed by atoms with E-state index in [0.29, 0.717) is 0 Å². The van der Waals surface area contributed by atoms with E-state index in [4.69, 9.17) is 0 Å². The Bertz CT molecular complexity index is 214. The summed E-state index contributed by atoms with van der Waals surface area (Å²) >= 11 is 2.24. The van der Waals surface area contributed by atoms with E-state index >= 15 is 0 Å². The van der Waals surface area contributed by atoms with E-state index in [1.807, 2.05) is 0 Å². The van der Waals surface area contributed by atoms with Gasteiger partial charge in [0.15, 0.2) is 0 Å². The highest BCUT2D eigenvalue weighted by Crippen LogP contribution is 2.29. The molecular formula is C19H39NS. The first-order valence-corrected chi connectivity index (χ1v) is 10.7. The van der Waals surface area contributed by atoms with Crippen LogP contribution >= 0.6 is 11.8 Å². The molecule has 0 heterocycles. The molecule has 1 N–H and O–H groups in total. The minimum absolute atomic E-state index is 0.747. The van der Waals surface area contributed by atoms with Gasteiger partial charge in [-0.15, -0.1) is 0 Å². The first-order valence-electron chi connectivity index (χ1n) is 9.65. The van der Waals surface area contributed by atoms with Crippen LogP contribution in [0.3, 0.4) is 0 Å². The molecule has 1 nitrogen and oxygen atoms in total. The lowest BCUT2D eigenvalue weighted by Gasteiger charge is -2.24. The highest BCUT2D eigenvalue weighted by Gasteiger charge is 2.15. The average molecular weight is 314 g/mol. The Balaban J connectivity index is 1.92. The summed E-state index contributed by atoms with van der Waals surface area (Å²) in [5.41, 5.74) is 0. The zero-order valence-electron chi connectivity index (χ0n) is 14.7. The Labute approximate surface area is 138 Å². The van der Waals surface area contributed by atoms with E-state index in [1.165, 1.54) is 95.6 Å². The average Bonchev–Trinajstić information content (AvgIpc) is 2.54. The summed E-state index contributed by atoms with van der Waals surface area (Å²) in [6, 6.07) is 0.747. The molecule has 0 aromatic heterocycles. The van der Waals surface area contributed by atoms with Crippen LogP contribution in [0.4, 0.5) is 0 Å². The van der Waals surface area contributed by atoms with Gasteiger partial charge >= 0.3 is 0 Å². The third-order valence-electron chi connectivity index (χ3n) is 4.90. The smallest absolute Gasteiger partial charge is 0.0155 e. The maximum atomic E-state index is 3.54. The zero-order chi connectivity index (χ0) is 15.2. The molecule has 0 radical (unpaired) electrons. The molecule has 1 unspecified atom stereocenters. The van der Waals surface area contributed by atoms with Crippen molar-refractivity contribution in [2.45, 2.75) is 108 Å². The Morgan fingerprint density at radius 1 is 0.905 bits per heavy atom. The standard InChI is InChI=1S/C19H39NS/c1-3-4-5-6-7-8-9-11-14-18(20-2)17-21-19-15-12-10-13-16-19/h18-20H,3-17H2,1-2H3. The summed E-state index contributed by atoms with van der Waals surface area (Å²) in [5, 5.41) is 4.51. The van der Waals surface area contributed by atoms with Crippen molar-refractivity contribution in [1.82, 2.24) is 5.32 Å². The molecule has 1 saturated carbocycles. The van der Waals surface area contributed by atoms with Gasteiger partial charge in [-0.25, -0.2) is 0 Å². The molecule has 1 aliphatic rings. The first-order chi connectivity index (χ1) is 10.4. The van der Waals surface area contributed by atoms with Gasteiger partial charge in [-0.3, -0.25) is 0 Å². The van der Waals surface area contributed by atoms with Crippen LogP contribution in [0, 0.1) is 0 Å². The summed E-state index contributed by atoms with van der Waals surface area (Å²) in [5.74, 6) is 1.33. The Morgan fingerprint density at radius 3 is 2.14 bits per heavy atom. The molecule has 21 heavy (non-hydrogen) atoms. The summed E-state index contributed by atoms with van der Waals surface area (Å²) in [4.78, 5) is 0. The number of hydrogen-bond donors (Lipinski definition) is 1. The predicted octanol–water partition coefficient (Wildman–Crippen LogP) is 6.17. The zero-order valence-corrected chi connectivity index (χ0v) is 15.5. The van der Waals surface area contributed by atoms with Gasteiger partial charge in [-0.2, -0.15) is 11.8 Å². The highest BCUT2D eigenvalue weighted by atomic mass is 32.2. The van der Waals surface area contributed by atoms with Crippen molar-refractivity contribution in [3.8, 4) is 0 Å². The molecular weight excluding hydrogens is 274 g/mol. The van der Waals surface area contributed by atoms with Crippen molar-refractivity contribution in [3.63, 3.8) is 0 Å². The number of rotatable bonds is 13. The van der Waals surface area contributed by atoms with Gasteiger partial charge in [0.1, 0.15) is 0 Å². The van der Waals surface area contributed by atoms with Crippen molar-refractivity contribution >= 4 is 11.8 Å². The van der Waals surface area contributed by atoms with E-state index in [2.05, 4.69) is 31.1 Å². The third kappa shape index (κ3) is 10.6. The van der Waals surface area contributed by atoms with E-state index in [9.17, 15) is 0 Å². The third-order valence-corrected chi connectivity index (χ3v) is 6.44. The maximum Gasteiger partial charge on any atom is 0.0155 e. The van der Waals surface area contributed by atoms with Crippen LogP contribution in [0.5, 0.6) is 0 Å². The molecule has 1 fully saturated rings. The van der Waals surface area contributed by atoms with Gasteiger partial charge in [0.2, 0.25) is 0 Å². The Kier molecular flexibility index (Phi) is 12.8. The molecule has 1 rings (SSSR count). The number of hydrogen-bond acceptors (Lipinski definition) is 2. The molecule has 0 spiro atoms. The fourth-order valence-electron chi connectivity index (χ4n) is 3.32. The van der Waals surface area contributed by atoms with Gasteiger partial charge < -0.3 is 5.32 Å². The second-order valence-electron chi connectivity index (χ2n) is 6.84.